The first kappa shape index (κ1) is 35.1. The van der Waals surface area contributed by atoms with E-state index in [1.807, 2.05) is 24.3 Å². The summed E-state index contributed by atoms with van der Waals surface area (Å²) >= 11 is 12.7. The first-order chi connectivity index (χ1) is 24.4. The van der Waals surface area contributed by atoms with Gasteiger partial charge in [-0.25, -0.2) is 28.3 Å². The summed E-state index contributed by atoms with van der Waals surface area (Å²) in [5.41, 5.74) is 1.34. The molecule has 2 atom stereocenters. The molecule has 266 valence electrons. The Kier molecular flexibility index (Phi) is 9.37. The normalized spacial score (nSPS) is 21.3. The van der Waals surface area contributed by atoms with Crippen molar-refractivity contribution in [2.45, 2.75) is 55.6 Å². The summed E-state index contributed by atoms with van der Waals surface area (Å²) < 4.78 is 36.9. The molecule has 2 fully saturated rings. The number of imidazole rings is 1. The molecule has 7 rings (SSSR count). The van der Waals surface area contributed by atoms with E-state index in [4.69, 9.17) is 27.9 Å². The average molecular weight is 753 g/mol. The number of halogens is 2. The summed E-state index contributed by atoms with van der Waals surface area (Å²) in [5.74, 6) is -1.26. The van der Waals surface area contributed by atoms with Crippen LogP contribution in [0.25, 0.3) is 11.1 Å². The van der Waals surface area contributed by atoms with Gasteiger partial charge in [0.1, 0.15) is 17.9 Å². The number of likely N-dealkylation sites (tertiary alicyclic amines) is 1. The minimum Gasteiger partial charge on any atom is -0.469 e. The highest BCUT2D eigenvalue weighted by atomic mass is 35.5. The van der Waals surface area contributed by atoms with Gasteiger partial charge in [-0.05, 0) is 61.9 Å². The van der Waals surface area contributed by atoms with Crippen LogP contribution in [-0.4, -0.2) is 87.7 Å². The lowest BCUT2D eigenvalue weighted by atomic mass is 9.91. The number of aromatic nitrogens is 4. The molecule has 0 unspecified atom stereocenters. The number of rotatable bonds is 8. The van der Waals surface area contributed by atoms with Crippen molar-refractivity contribution < 1.29 is 27.5 Å². The number of anilines is 2. The van der Waals surface area contributed by atoms with Crippen LogP contribution in [-0.2, 0) is 41.1 Å². The number of ether oxygens (including phenoxy) is 1. The molecular formula is C35H35Cl2N7O6S. The second-order valence-corrected chi connectivity index (χ2v) is 15.9. The van der Waals surface area contributed by atoms with Gasteiger partial charge in [0.25, 0.3) is 15.9 Å². The van der Waals surface area contributed by atoms with Gasteiger partial charge in [0.05, 0.1) is 24.9 Å². The van der Waals surface area contributed by atoms with E-state index in [1.165, 1.54) is 39.5 Å². The monoisotopic (exact) mass is 751 g/mol. The fourth-order valence-electron chi connectivity index (χ4n) is 7.38. The maximum absolute atomic E-state index is 14.7. The van der Waals surface area contributed by atoms with E-state index in [0.29, 0.717) is 54.5 Å². The molecule has 0 saturated carbocycles. The van der Waals surface area contributed by atoms with E-state index in [0.717, 1.165) is 16.7 Å². The maximum Gasteiger partial charge on any atom is 0.308 e. The number of hydrogen-bond donors (Lipinski definition) is 0. The number of piperidine rings is 1. The molecule has 5 heterocycles. The van der Waals surface area contributed by atoms with Crippen LogP contribution in [0.4, 0.5) is 11.6 Å². The lowest BCUT2D eigenvalue weighted by Crippen LogP contribution is -2.51. The van der Waals surface area contributed by atoms with E-state index in [2.05, 4.69) is 15.0 Å². The predicted octanol–water partition coefficient (Wildman–Crippen LogP) is 4.85. The fraction of sp³-hybridized carbons (Fsp3) is 0.371. The highest BCUT2D eigenvalue weighted by molar-refractivity contribution is 7.89. The van der Waals surface area contributed by atoms with Crippen molar-refractivity contribution >= 4 is 62.6 Å². The second kappa shape index (κ2) is 13.6. The molecule has 2 aromatic heterocycles. The zero-order valence-corrected chi connectivity index (χ0v) is 30.2. The number of fused-ring (bicyclic) bond motifs is 1. The molecule has 2 aromatic carbocycles. The molecule has 0 radical (unpaired) electrons. The SMILES string of the molecule is COC(=O)C1CCN(C(=O)[C@@H]2CCCN2S(=O)(=O)c2cnc3n2[C@](C)(Cc2ccc(-c4cncnc4)cc2)C(=O)N3c2cc(Cl)cc(Cl)c2)CC1. The fourth-order valence-corrected chi connectivity index (χ4v) is 9.74. The first-order valence-corrected chi connectivity index (χ1v) is 18.7. The Morgan fingerprint density at radius 1 is 0.941 bits per heavy atom. The van der Waals surface area contributed by atoms with Gasteiger partial charge in [-0.3, -0.25) is 19.0 Å². The van der Waals surface area contributed by atoms with Gasteiger partial charge < -0.3 is 9.64 Å². The third kappa shape index (κ3) is 6.28. The van der Waals surface area contributed by atoms with Crippen LogP contribution in [0.2, 0.25) is 10.0 Å². The van der Waals surface area contributed by atoms with E-state index in [-0.39, 0.29) is 41.7 Å². The topological polar surface area (TPSA) is 148 Å². The Balaban J connectivity index is 1.25. The number of esters is 1. The van der Waals surface area contributed by atoms with E-state index >= 15 is 0 Å². The summed E-state index contributed by atoms with van der Waals surface area (Å²) in [6.07, 6.45) is 7.93. The van der Waals surface area contributed by atoms with Gasteiger partial charge in [-0.2, -0.15) is 4.31 Å². The predicted molar refractivity (Wildman–Crippen MR) is 189 cm³/mol. The highest BCUT2D eigenvalue weighted by Gasteiger charge is 2.53. The van der Waals surface area contributed by atoms with E-state index in [9.17, 15) is 22.8 Å². The minimum atomic E-state index is -4.37. The molecule has 51 heavy (non-hydrogen) atoms. The maximum atomic E-state index is 14.7. The first-order valence-electron chi connectivity index (χ1n) is 16.5. The highest BCUT2D eigenvalue weighted by Crippen LogP contribution is 2.45. The third-order valence-electron chi connectivity index (χ3n) is 9.97. The Morgan fingerprint density at radius 3 is 2.25 bits per heavy atom. The lowest BCUT2D eigenvalue weighted by molar-refractivity contribution is -0.149. The van der Waals surface area contributed by atoms with Gasteiger partial charge in [-0.1, -0.05) is 47.5 Å². The third-order valence-corrected chi connectivity index (χ3v) is 12.3. The molecule has 16 heteroatoms. The zero-order valence-electron chi connectivity index (χ0n) is 27.9. The van der Waals surface area contributed by atoms with Crippen molar-refractivity contribution in [3.05, 3.63) is 83.0 Å². The summed E-state index contributed by atoms with van der Waals surface area (Å²) in [6, 6.07) is 11.3. The van der Waals surface area contributed by atoms with Crippen molar-refractivity contribution in [2.75, 3.05) is 31.6 Å². The quantitative estimate of drug-likeness (QED) is 0.231. The number of carbonyl (C=O) groups is 3. The van der Waals surface area contributed by atoms with Crippen molar-refractivity contribution in [1.82, 2.24) is 28.7 Å². The molecule has 13 nitrogen and oxygen atoms in total. The molecule has 3 aliphatic heterocycles. The van der Waals surface area contributed by atoms with Crippen molar-refractivity contribution in [3.63, 3.8) is 0 Å². The molecule has 2 saturated heterocycles. The summed E-state index contributed by atoms with van der Waals surface area (Å²) in [6.45, 7) is 2.46. The van der Waals surface area contributed by atoms with E-state index < -0.39 is 27.5 Å². The Morgan fingerprint density at radius 2 is 1.61 bits per heavy atom. The van der Waals surface area contributed by atoms with Crippen LogP contribution in [0.15, 0.2) is 72.4 Å². The van der Waals surface area contributed by atoms with Crippen LogP contribution in [0.5, 0.6) is 0 Å². The molecule has 2 amide bonds. The van der Waals surface area contributed by atoms with Crippen molar-refractivity contribution in [2.24, 2.45) is 5.92 Å². The number of nitrogens with zero attached hydrogens (tertiary/aromatic N) is 7. The molecule has 0 spiro atoms. The number of amides is 2. The number of carbonyl (C=O) groups excluding carboxylic acids is 3. The van der Waals surface area contributed by atoms with Gasteiger partial charge in [0, 0.05) is 54.1 Å². The van der Waals surface area contributed by atoms with Crippen molar-refractivity contribution in [3.8, 4) is 11.1 Å². The Labute approximate surface area is 305 Å². The van der Waals surface area contributed by atoms with Gasteiger partial charge in [0.2, 0.25) is 11.9 Å². The zero-order chi connectivity index (χ0) is 36.1. The van der Waals surface area contributed by atoms with E-state index in [1.54, 1.807) is 36.4 Å². The largest absolute Gasteiger partial charge is 0.469 e. The summed E-state index contributed by atoms with van der Waals surface area (Å²) in [7, 11) is -3.02. The number of benzene rings is 2. The molecule has 0 aliphatic carbocycles. The molecule has 3 aliphatic rings. The summed E-state index contributed by atoms with van der Waals surface area (Å²) in [4.78, 5) is 56.1. The number of hydrogen-bond acceptors (Lipinski definition) is 9. The Bertz CT molecular complexity index is 2090. The van der Waals surface area contributed by atoms with Gasteiger partial charge in [-0.15, -0.1) is 0 Å². The van der Waals surface area contributed by atoms with Crippen LogP contribution in [0, 0.1) is 5.92 Å². The smallest absolute Gasteiger partial charge is 0.308 e. The molecule has 4 aromatic rings. The molecule has 0 N–H and O–H groups in total. The van der Waals surface area contributed by atoms with Gasteiger partial charge in [0.15, 0.2) is 5.03 Å². The van der Waals surface area contributed by atoms with Crippen LogP contribution >= 0.6 is 23.2 Å². The van der Waals surface area contributed by atoms with Crippen LogP contribution in [0.1, 0.15) is 38.2 Å². The van der Waals surface area contributed by atoms with Crippen molar-refractivity contribution in [1.29, 1.82) is 0 Å². The van der Waals surface area contributed by atoms with Gasteiger partial charge >= 0.3 is 5.97 Å². The lowest BCUT2D eigenvalue weighted by Gasteiger charge is -2.34. The molecular weight excluding hydrogens is 717 g/mol. The number of sulfonamides is 1. The van der Waals surface area contributed by atoms with Crippen LogP contribution < -0.4 is 4.90 Å². The standard InChI is InChI=1S/C35H35Cl2N7O6S/c1-35(17-22-5-7-23(8-6-22)25-18-38-21-39-19-25)33(47)43(28-15-26(36)14-27(37)16-28)34-40-20-30(44(34)35)51(48,49)42-11-3-4-29(42)31(45)41-12-9-24(10-13-41)32(46)50-2/h5-8,14-16,18-21,24,29H,3-4,9-13,17H2,1-2H3/t29-,35+/m0/s1. The number of methoxy groups -OCH3 is 1. The summed E-state index contributed by atoms with van der Waals surface area (Å²) in [5, 5.41) is 0.380. The Hall–Kier alpha value is -4.37. The minimum absolute atomic E-state index is 0.0874. The molecule has 0 bridgehead atoms. The second-order valence-electron chi connectivity index (χ2n) is 13.2. The van der Waals surface area contributed by atoms with Crippen LogP contribution in [0.3, 0.4) is 0 Å². The average Bonchev–Trinajstić information content (AvgIpc) is 3.85.